The Labute approximate surface area is 116 Å². The molecule has 3 rings (SSSR count). The number of carbonyl (C=O) groups is 3. The summed E-state index contributed by atoms with van der Waals surface area (Å²) in [5.74, 6) is -1.45. The highest BCUT2D eigenvalue weighted by Gasteiger charge is 2.59. The van der Waals surface area contributed by atoms with Gasteiger partial charge in [-0.3, -0.25) is 19.3 Å². The summed E-state index contributed by atoms with van der Waals surface area (Å²) in [5.41, 5.74) is 0. The summed E-state index contributed by atoms with van der Waals surface area (Å²) in [7, 11) is 1.39. The smallest absolute Gasteiger partial charge is 0.306 e. The summed E-state index contributed by atoms with van der Waals surface area (Å²) in [5, 5.41) is 8.80. The van der Waals surface area contributed by atoms with Gasteiger partial charge in [-0.1, -0.05) is 12.2 Å². The van der Waals surface area contributed by atoms with Crippen LogP contribution in [0.15, 0.2) is 12.2 Å². The highest BCUT2D eigenvalue weighted by Crippen LogP contribution is 2.52. The largest absolute Gasteiger partial charge is 0.481 e. The SMILES string of the molecule is COC(CC(=O)O)CN1C(=O)C2C3C=CC(C3)C2C1=O. The standard InChI is InChI=1S/C14H17NO5/c1-20-9(5-10(16)17)6-15-13(18)11-7-2-3-8(4-7)12(11)14(15)19/h2-3,7-9,11-12H,4-6H2,1H3,(H,16,17). The number of amides is 2. The molecule has 1 heterocycles. The minimum atomic E-state index is -1.00. The molecule has 0 aromatic heterocycles. The topological polar surface area (TPSA) is 83.9 Å². The zero-order chi connectivity index (χ0) is 14.4. The first-order valence-electron chi connectivity index (χ1n) is 6.81. The van der Waals surface area contributed by atoms with Gasteiger partial charge in [0.05, 0.1) is 30.9 Å². The van der Waals surface area contributed by atoms with Gasteiger partial charge in [0.15, 0.2) is 0 Å². The monoisotopic (exact) mass is 279 g/mol. The van der Waals surface area contributed by atoms with Gasteiger partial charge in [-0.25, -0.2) is 0 Å². The number of carbonyl (C=O) groups excluding carboxylic acids is 2. The third-order valence-electron chi connectivity index (χ3n) is 4.68. The lowest BCUT2D eigenvalue weighted by Crippen LogP contribution is -2.40. The molecule has 1 N–H and O–H groups in total. The fourth-order valence-electron chi connectivity index (χ4n) is 3.76. The number of carboxylic acid groups (broad SMARTS) is 1. The Kier molecular flexibility index (Phi) is 3.12. The van der Waals surface area contributed by atoms with Crippen LogP contribution >= 0.6 is 0 Å². The lowest BCUT2D eigenvalue weighted by Gasteiger charge is -2.22. The molecule has 2 aliphatic carbocycles. The number of methoxy groups -OCH3 is 1. The number of rotatable bonds is 5. The number of ether oxygens (including phenoxy) is 1. The average Bonchev–Trinajstić information content (AvgIpc) is 3.06. The molecular formula is C14H17NO5. The second-order valence-corrected chi connectivity index (χ2v) is 5.74. The van der Waals surface area contributed by atoms with E-state index in [0.717, 1.165) is 6.42 Å². The van der Waals surface area contributed by atoms with E-state index in [2.05, 4.69) is 0 Å². The van der Waals surface area contributed by atoms with E-state index in [-0.39, 0.29) is 48.5 Å². The van der Waals surface area contributed by atoms with E-state index < -0.39 is 12.1 Å². The Balaban J connectivity index is 1.74. The van der Waals surface area contributed by atoms with Crippen LogP contribution in [0.1, 0.15) is 12.8 Å². The van der Waals surface area contributed by atoms with Gasteiger partial charge in [-0.2, -0.15) is 0 Å². The van der Waals surface area contributed by atoms with Gasteiger partial charge >= 0.3 is 5.97 Å². The van der Waals surface area contributed by atoms with Crippen LogP contribution in [-0.2, 0) is 19.1 Å². The summed E-state index contributed by atoms with van der Waals surface area (Å²) in [6.07, 6.45) is 4.10. The molecule has 20 heavy (non-hydrogen) atoms. The molecule has 1 saturated heterocycles. The highest BCUT2D eigenvalue weighted by atomic mass is 16.5. The summed E-state index contributed by atoms with van der Waals surface area (Å²) < 4.78 is 5.07. The predicted octanol–water partition coefficient (Wildman–Crippen LogP) is 0.283. The first kappa shape index (κ1) is 13.3. The molecule has 6 nitrogen and oxygen atoms in total. The van der Waals surface area contributed by atoms with Crippen molar-refractivity contribution in [2.24, 2.45) is 23.7 Å². The van der Waals surface area contributed by atoms with Gasteiger partial charge in [-0.05, 0) is 18.3 Å². The quantitative estimate of drug-likeness (QED) is 0.577. The van der Waals surface area contributed by atoms with Gasteiger partial charge < -0.3 is 9.84 Å². The van der Waals surface area contributed by atoms with Crippen molar-refractivity contribution in [3.05, 3.63) is 12.2 Å². The summed E-state index contributed by atoms with van der Waals surface area (Å²) in [6.45, 7) is 0.0346. The number of nitrogens with zero attached hydrogens (tertiary/aromatic N) is 1. The van der Waals surface area contributed by atoms with Crippen molar-refractivity contribution in [1.82, 2.24) is 4.90 Å². The third kappa shape index (κ3) is 1.86. The zero-order valence-electron chi connectivity index (χ0n) is 11.2. The number of hydrogen-bond acceptors (Lipinski definition) is 4. The van der Waals surface area contributed by atoms with Crippen LogP contribution < -0.4 is 0 Å². The number of carboxylic acids is 1. The van der Waals surface area contributed by atoms with Crippen molar-refractivity contribution in [2.75, 3.05) is 13.7 Å². The van der Waals surface area contributed by atoms with Crippen LogP contribution in [0.5, 0.6) is 0 Å². The number of fused-ring (bicyclic) bond motifs is 5. The predicted molar refractivity (Wildman–Crippen MR) is 67.5 cm³/mol. The van der Waals surface area contributed by atoms with Crippen LogP contribution in [0.25, 0.3) is 0 Å². The van der Waals surface area contributed by atoms with Crippen molar-refractivity contribution in [1.29, 1.82) is 0 Å². The molecule has 2 bridgehead atoms. The lowest BCUT2D eigenvalue weighted by atomic mass is 9.85. The fraction of sp³-hybridized carbons (Fsp3) is 0.643. The second-order valence-electron chi connectivity index (χ2n) is 5.74. The molecule has 1 saturated carbocycles. The molecule has 108 valence electrons. The molecule has 2 fully saturated rings. The number of allylic oxidation sites excluding steroid dienone is 2. The molecular weight excluding hydrogens is 262 g/mol. The Morgan fingerprint density at radius 2 is 1.90 bits per heavy atom. The van der Waals surface area contributed by atoms with E-state index in [4.69, 9.17) is 9.84 Å². The minimum Gasteiger partial charge on any atom is -0.481 e. The summed E-state index contributed by atoms with van der Waals surface area (Å²) >= 11 is 0. The number of imide groups is 1. The van der Waals surface area contributed by atoms with Crippen LogP contribution in [0.3, 0.4) is 0 Å². The number of aliphatic carboxylic acids is 1. The van der Waals surface area contributed by atoms with E-state index in [1.54, 1.807) is 0 Å². The molecule has 5 atom stereocenters. The first-order chi connectivity index (χ1) is 9.52. The molecule has 6 heteroatoms. The van der Waals surface area contributed by atoms with E-state index in [1.165, 1.54) is 12.0 Å². The normalized spacial score (nSPS) is 35.8. The average molecular weight is 279 g/mol. The van der Waals surface area contributed by atoms with Gasteiger partial charge in [0.1, 0.15) is 0 Å². The zero-order valence-corrected chi connectivity index (χ0v) is 11.2. The van der Waals surface area contributed by atoms with Crippen LogP contribution in [0, 0.1) is 23.7 Å². The molecule has 3 aliphatic rings. The van der Waals surface area contributed by atoms with Gasteiger partial charge in [-0.15, -0.1) is 0 Å². The van der Waals surface area contributed by atoms with E-state index in [1.807, 2.05) is 12.2 Å². The van der Waals surface area contributed by atoms with Gasteiger partial charge in [0, 0.05) is 7.11 Å². The molecule has 0 aromatic rings. The highest BCUT2D eigenvalue weighted by molar-refractivity contribution is 6.06. The molecule has 0 radical (unpaired) electrons. The fourth-order valence-corrected chi connectivity index (χ4v) is 3.76. The Morgan fingerprint density at radius 1 is 1.35 bits per heavy atom. The van der Waals surface area contributed by atoms with Crippen LogP contribution in [0.2, 0.25) is 0 Å². The Hall–Kier alpha value is -1.69. The van der Waals surface area contributed by atoms with Crippen molar-refractivity contribution >= 4 is 17.8 Å². The minimum absolute atomic E-state index is 0.0346. The molecule has 0 spiro atoms. The maximum atomic E-state index is 12.4. The second kappa shape index (κ2) is 4.70. The maximum Gasteiger partial charge on any atom is 0.306 e. The van der Waals surface area contributed by atoms with Crippen LogP contribution in [-0.4, -0.2) is 47.5 Å². The maximum absolute atomic E-state index is 12.4. The van der Waals surface area contributed by atoms with Crippen molar-refractivity contribution in [2.45, 2.75) is 18.9 Å². The third-order valence-corrected chi connectivity index (χ3v) is 4.68. The lowest BCUT2D eigenvalue weighted by molar-refractivity contribution is -0.146. The van der Waals surface area contributed by atoms with Gasteiger partial charge in [0.25, 0.3) is 0 Å². The number of hydrogen-bond donors (Lipinski definition) is 1. The molecule has 5 unspecified atom stereocenters. The van der Waals surface area contributed by atoms with Gasteiger partial charge in [0.2, 0.25) is 11.8 Å². The van der Waals surface area contributed by atoms with E-state index >= 15 is 0 Å². The van der Waals surface area contributed by atoms with Crippen LogP contribution in [0.4, 0.5) is 0 Å². The van der Waals surface area contributed by atoms with E-state index in [9.17, 15) is 14.4 Å². The summed E-state index contributed by atoms with van der Waals surface area (Å²) in [6, 6.07) is 0. The Bertz CT molecular complexity index is 470. The van der Waals surface area contributed by atoms with Crippen molar-refractivity contribution in [3.8, 4) is 0 Å². The molecule has 2 amide bonds. The number of likely N-dealkylation sites (tertiary alicyclic amines) is 1. The first-order valence-corrected chi connectivity index (χ1v) is 6.81. The Morgan fingerprint density at radius 3 is 2.35 bits per heavy atom. The molecule has 1 aliphatic heterocycles. The molecule has 0 aromatic carbocycles. The summed E-state index contributed by atoms with van der Waals surface area (Å²) in [4.78, 5) is 36.7. The van der Waals surface area contributed by atoms with E-state index in [0.29, 0.717) is 0 Å². The van der Waals surface area contributed by atoms with Crippen molar-refractivity contribution < 1.29 is 24.2 Å². The van der Waals surface area contributed by atoms with Crippen molar-refractivity contribution in [3.63, 3.8) is 0 Å².